The number of pyridine rings is 1. The Kier molecular flexibility index (Phi) is 5.43. The summed E-state index contributed by atoms with van der Waals surface area (Å²) in [5.74, 6) is 0.106. The predicted molar refractivity (Wildman–Crippen MR) is 103 cm³/mol. The molecule has 28 heavy (non-hydrogen) atoms. The Morgan fingerprint density at radius 3 is 2.29 bits per heavy atom. The number of carbonyl (C=O) groups is 1. The molecule has 0 saturated carbocycles. The van der Waals surface area contributed by atoms with E-state index in [1.807, 2.05) is 0 Å². The fourth-order valence-electron chi connectivity index (χ4n) is 2.68. The van der Waals surface area contributed by atoms with Gasteiger partial charge in [-0.25, -0.2) is 9.78 Å². The number of aromatic nitrogens is 1. The maximum absolute atomic E-state index is 12.3. The second-order valence-corrected chi connectivity index (χ2v) is 5.71. The number of carbonyl (C=O) groups excluding carboxylic acids is 1. The number of rotatable bonds is 5. The number of azide groups is 1. The van der Waals surface area contributed by atoms with Crippen LogP contribution in [0.1, 0.15) is 10.4 Å². The van der Waals surface area contributed by atoms with Gasteiger partial charge in [0.15, 0.2) is 0 Å². The molecule has 0 radical (unpaired) electrons. The number of esters is 1. The van der Waals surface area contributed by atoms with Crippen molar-refractivity contribution >= 4 is 11.7 Å². The van der Waals surface area contributed by atoms with Gasteiger partial charge in [0.1, 0.15) is 11.5 Å². The van der Waals surface area contributed by atoms with E-state index < -0.39 is 5.97 Å². The first-order chi connectivity index (χ1) is 13.6. The summed E-state index contributed by atoms with van der Waals surface area (Å²) >= 11 is 0. The zero-order valence-electron chi connectivity index (χ0n) is 15.2. The normalized spacial score (nSPS) is 10.1. The average Bonchev–Trinajstić information content (AvgIpc) is 2.74. The third-order valence-corrected chi connectivity index (χ3v) is 4.07. The van der Waals surface area contributed by atoms with Gasteiger partial charge in [-0.3, -0.25) is 0 Å². The first kappa shape index (κ1) is 18.8. The molecule has 0 spiro atoms. The van der Waals surface area contributed by atoms with Crippen molar-refractivity contribution in [3.05, 3.63) is 70.6 Å². The SMILES string of the molecule is COC(=O)c1cc(-c2ccc(OC)cc2)nc(-c2ccc(O)cc2)c1N=[N+]=[N-]. The third-order valence-electron chi connectivity index (χ3n) is 4.07. The van der Waals surface area contributed by atoms with E-state index in [0.717, 1.165) is 5.56 Å². The summed E-state index contributed by atoms with van der Waals surface area (Å²) in [6.45, 7) is 0. The van der Waals surface area contributed by atoms with E-state index in [1.165, 1.54) is 25.3 Å². The van der Waals surface area contributed by atoms with E-state index in [1.54, 1.807) is 43.5 Å². The zero-order valence-corrected chi connectivity index (χ0v) is 15.2. The van der Waals surface area contributed by atoms with Gasteiger partial charge in [-0.1, -0.05) is 5.11 Å². The van der Waals surface area contributed by atoms with Crippen LogP contribution in [0.5, 0.6) is 11.5 Å². The quantitative estimate of drug-likeness (QED) is 0.295. The highest BCUT2D eigenvalue weighted by molar-refractivity contribution is 5.99. The third kappa shape index (κ3) is 3.72. The van der Waals surface area contributed by atoms with Gasteiger partial charge in [0.05, 0.1) is 36.9 Å². The van der Waals surface area contributed by atoms with E-state index in [-0.39, 0.29) is 17.0 Å². The van der Waals surface area contributed by atoms with Crippen molar-refractivity contribution in [3.63, 3.8) is 0 Å². The Morgan fingerprint density at radius 2 is 1.71 bits per heavy atom. The van der Waals surface area contributed by atoms with Gasteiger partial charge in [0.25, 0.3) is 0 Å². The Morgan fingerprint density at radius 1 is 1.07 bits per heavy atom. The van der Waals surface area contributed by atoms with Crippen LogP contribution in [-0.4, -0.2) is 30.3 Å². The molecule has 0 fully saturated rings. The molecule has 2 aromatic carbocycles. The molecule has 8 heteroatoms. The van der Waals surface area contributed by atoms with Gasteiger partial charge in [0.2, 0.25) is 0 Å². The van der Waals surface area contributed by atoms with E-state index in [2.05, 4.69) is 15.0 Å². The van der Waals surface area contributed by atoms with E-state index >= 15 is 0 Å². The molecule has 0 bridgehead atoms. The molecule has 0 amide bonds. The summed E-state index contributed by atoms with van der Waals surface area (Å²) in [6, 6.07) is 14.9. The Balaban J connectivity index is 2.29. The highest BCUT2D eigenvalue weighted by atomic mass is 16.5. The number of aromatic hydroxyl groups is 1. The van der Waals surface area contributed by atoms with E-state index in [9.17, 15) is 9.90 Å². The molecule has 1 aromatic heterocycles. The van der Waals surface area contributed by atoms with Crippen molar-refractivity contribution in [2.24, 2.45) is 5.11 Å². The molecule has 0 aliphatic heterocycles. The van der Waals surface area contributed by atoms with Crippen LogP contribution in [0.2, 0.25) is 0 Å². The molecule has 0 unspecified atom stereocenters. The molecule has 0 saturated heterocycles. The van der Waals surface area contributed by atoms with Crippen LogP contribution in [-0.2, 0) is 4.74 Å². The van der Waals surface area contributed by atoms with Gasteiger partial charge in [-0.15, -0.1) is 0 Å². The van der Waals surface area contributed by atoms with Crippen LogP contribution in [0.3, 0.4) is 0 Å². The molecule has 1 N–H and O–H groups in total. The van der Waals surface area contributed by atoms with Crippen LogP contribution in [0.4, 0.5) is 5.69 Å². The zero-order chi connectivity index (χ0) is 20.1. The highest BCUT2D eigenvalue weighted by Gasteiger charge is 2.20. The fourth-order valence-corrected chi connectivity index (χ4v) is 2.68. The van der Waals surface area contributed by atoms with Crippen LogP contribution in [0.15, 0.2) is 59.7 Å². The second kappa shape index (κ2) is 8.11. The first-order valence-corrected chi connectivity index (χ1v) is 8.19. The lowest BCUT2D eigenvalue weighted by molar-refractivity contribution is 0.0601. The van der Waals surface area contributed by atoms with Crippen LogP contribution in [0, 0.1) is 0 Å². The van der Waals surface area contributed by atoms with Gasteiger partial charge < -0.3 is 14.6 Å². The number of phenols is 1. The molecule has 3 rings (SSSR count). The second-order valence-electron chi connectivity index (χ2n) is 5.71. The van der Waals surface area contributed by atoms with Crippen molar-refractivity contribution in [3.8, 4) is 34.0 Å². The number of hydrogen-bond acceptors (Lipinski definition) is 6. The average molecular weight is 376 g/mol. The van der Waals surface area contributed by atoms with Crippen molar-refractivity contribution in [1.29, 1.82) is 0 Å². The van der Waals surface area contributed by atoms with Crippen LogP contribution >= 0.6 is 0 Å². The van der Waals surface area contributed by atoms with Gasteiger partial charge in [0, 0.05) is 16.0 Å². The van der Waals surface area contributed by atoms with Crippen molar-refractivity contribution in [2.75, 3.05) is 14.2 Å². The number of hydrogen-bond donors (Lipinski definition) is 1. The standard InChI is InChI=1S/C20H16N4O4/c1-27-15-9-5-12(6-10-15)17-11-16(20(26)28-2)19(23-24-21)18(22-17)13-3-7-14(25)8-4-13/h3-11,25H,1-2H3. The molecule has 0 aliphatic carbocycles. The van der Waals surface area contributed by atoms with Gasteiger partial charge in [-0.2, -0.15) is 0 Å². The number of nitrogens with zero attached hydrogens (tertiary/aromatic N) is 4. The molecule has 8 nitrogen and oxygen atoms in total. The Hall–Kier alpha value is -4.03. The molecular formula is C20H16N4O4. The lowest BCUT2D eigenvalue weighted by Crippen LogP contribution is -2.04. The van der Waals surface area contributed by atoms with Crippen molar-refractivity contribution in [1.82, 2.24) is 4.98 Å². The minimum atomic E-state index is -0.653. The molecule has 1 heterocycles. The maximum Gasteiger partial charge on any atom is 0.338 e. The number of methoxy groups -OCH3 is 2. The van der Waals surface area contributed by atoms with Gasteiger partial charge >= 0.3 is 5.97 Å². The van der Waals surface area contributed by atoms with Crippen LogP contribution in [0.25, 0.3) is 33.0 Å². The summed E-state index contributed by atoms with van der Waals surface area (Å²) in [5.41, 5.74) is 11.2. The lowest BCUT2D eigenvalue weighted by Gasteiger charge is -2.13. The smallest absolute Gasteiger partial charge is 0.338 e. The minimum absolute atomic E-state index is 0.0531. The van der Waals surface area contributed by atoms with Crippen LogP contribution < -0.4 is 4.74 Å². The molecule has 0 aliphatic rings. The van der Waals surface area contributed by atoms with Crippen molar-refractivity contribution < 1.29 is 19.4 Å². The summed E-state index contributed by atoms with van der Waals surface area (Å²) in [4.78, 5) is 19.8. The van der Waals surface area contributed by atoms with E-state index in [4.69, 9.17) is 15.0 Å². The van der Waals surface area contributed by atoms with E-state index in [0.29, 0.717) is 22.7 Å². The summed E-state index contributed by atoms with van der Waals surface area (Å²) in [5, 5.41) is 13.2. The first-order valence-electron chi connectivity index (χ1n) is 8.19. The minimum Gasteiger partial charge on any atom is -0.508 e. The molecule has 0 atom stereocenters. The lowest BCUT2D eigenvalue weighted by atomic mass is 10.0. The number of ether oxygens (including phenoxy) is 2. The number of phenolic OH excluding ortho intramolecular Hbond substituents is 1. The summed E-state index contributed by atoms with van der Waals surface area (Å²) in [7, 11) is 2.82. The summed E-state index contributed by atoms with van der Waals surface area (Å²) in [6.07, 6.45) is 0. The fraction of sp³-hybridized carbons (Fsp3) is 0.100. The predicted octanol–water partition coefficient (Wildman–Crippen LogP) is 4.86. The molecule has 3 aromatic rings. The highest BCUT2D eigenvalue weighted by Crippen LogP contribution is 2.36. The largest absolute Gasteiger partial charge is 0.508 e. The van der Waals surface area contributed by atoms with Gasteiger partial charge in [-0.05, 0) is 60.1 Å². The Bertz CT molecular complexity index is 1060. The Labute approximate surface area is 160 Å². The molecule has 140 valence electrons. The summed E-state index contributed by atoms with van der Waals surface area (Å²) < 4.78 is 10.0. The number of benzene rings is 2. The van der Waals surface area contributed by atoms with Crippen molar-refractivity contribution in [2.45, 2.75) is 0 Å². The topological polar surface area (TPSA) is 117 Å². The molecular weight excluding hydrogens is 360 g/mol. The monoisotopic (exact) mass is 376 g/mol. The maximum atomic E-state index is 12.3.